The minimum atomic E-state index is 0.120. The van der Waals surface area contributed by atoms with Gasteiger partial charge in [0.2, 0.25) is 5.91 Å². The maximum atomic E-state index is 12.2. The number of hydrogen-bond acceptors (Lipinski definition) is 4. The molecule has 2 heterocycles. The van der Waals surface area contributed by atoms with E-state index in [2.05, 4.69) is 36.2 Å². The normalized spacial score (nSPS) is 25.2. The molecular weight excluding hydrogens is 302 g/mol. The number of piperidine rings is 1. The summed E-state index contributed by atoms with van der Waals surface area (Å²) in [5, 5.41) is 3.18. The van der Waals surface area contributed by atoms with Crippen molar-refractivity contribution < 1.29 is 9.21 Å². The number of likely N-dealkylation sites (tertiary alicyclic amines) is 1. The van der Waals surface area contributed by atoms with Gasteiger partial charge in [-0.15, -0.1) is 0 Å². The van der Waals surface area contributed by atoms with Crippen LogP contribution in [0.15, 0.2) is 16.5 Å². The highest BCUT2D eigenvalue weighted by molar-refractivity contribution is 5.78. The molecule has 1 aromatic heterocycles. The first-order valence-corrected chi connectivity index (χ1v) is 9.34. The van der Waals surface area contributed by atoms with Crippen molar-refractivity contribution in [2.45, 2.75) is 51.6 Å². The molecule has 0 bridgehead atoms. The van der Waals surface area contributed by atoms with Crippen molar-refractivity contribution in [3.05, 3.63) is 23.7 Å². The number of carbonyl (C=O) groups is 1. The van der Waals surface area contributed by atoms with Crippen molar-refractivity contribution >= 4 is 5.91 Å². The second kappa shape index (κ2) is 7.70. The molecule has 2 unspecified atom stereocenters. The number of carbonyl (C=O) groups excluding carboxylic acids is 1. The van der Waals surface area contributed by atoms with Crippen molar-refractivity contribution in [1.82, 2.24) is 15.1 Å². The molecule has 0 spiro atoms. The van der Waals surface area contributed by atoms with Crippen molar-refractivity contribution in [2.75, 3.05) is 33.2 Å². The molecule has 1 amide bonds. The number of hydrogen-bond donors (Lipinski definition) is 1. The van der Waals surface area contributed by atoms with Gasteiger partial charge in [0.1, 0.15) is 11.5 Å². The third-order valence-electron chi connectivity index (χ3n) is 5.40. The third-order valence-corrected chi connectivity index (χ3v) is 5.40. The Kier molecular flexibility index (Phi) is 5.61. The summed E-state index contributed by atoms with van der Waals surface area (Å²) in [5.41, 5.74) is 0. The minimum absolute atomic E-state index is 0.120. The molecule has 2 fully saturated rings. The molecule has 1 aromatic rings. The summed E-state index contributed by atoms with van der Waals surface area (Å²) in [6.45, 7) is 8.84. The van der Waals surface area contributed by atoms with Crippen LogP contribution in [0.1, 0.15) is 50.5 Å². The van der Waals surface area contributed by atoms with Gasteiger partial charge in [0.25, 0.3) is 0 Å². The van der Waals surface area contributed by atoms with Gasteiger partial charge < -0.3 is 14.6 Å². The van der Waals surface area contributed by atoms with Crippen LogP contribution in [0.5, 0.6) is 0 Å². The van der Waals surface area contributed by atoms with Gasteiger partial charge in [-0.1, -0.05) is 13.8 Å². The maximum Gasteiger partial charge on any atom is 0.234 e. The highest BCUT2D eigenvalue weighted by Crippen LogP contribution is 2.47. The number of likely N-dealkylation sites (N-methyl/N-ethyl adjacent to an activating group) is 1. The first-order chi connectivity index (χ1) is 11.5. The number of rotatable bonds is 7. The topological polar surface area (TPSA) is 48.7 Å². The van der Waals surface area contributed by atoms with E-state index in [4.69, 9.17) is 4.42 Å². The minimum Gasteiger partial charge on any atom is -0.464 e. The molecule has 0 radical (unpaired) electrons. The van der Waals surface area contributed by atoms with Crippen molar-refractivity contribution in [3.63, 3.8) is 0 Å². The summed E-state index contributed by atoms with van der Waals surface area (Å²) in [4.78, 5) is 16.7. The standard InChI is InChI=1S/C19H31N3O2/c1-4-22-9-7-15(8-10-22)20-19(23)13-21(3)12-16-5-6-18(24-16)17-11-14(17)2/h5-6,14-15,17H,4,7-13H2,1-3H3,(H,20,23). The summed E-state index contributed by atoms with van der Waals surface area (Å²) in [5.74, 6) is 3.55. The fourth-order valence-electron chi connectivity index (χ4n) is 3.63. The molecule has 5 nitrogen and oxygen atoms in total. The third kappa shape index (κ3) is 4.61. The number of nitrogens with one attached hydrogen (secondary N) is 1. The number of nitrogens with zero attached hydrogens (tertiary/aromatic N) is 2. The first kappa shape index (κ1) is 17.5. The van der Waals surface area contributed by atoms with E-state index in [1.807, 2.05) is 11.9 Å². The summed E-state index contributed by atoms with van der Waals surface area (Å²) in [6.07, 6.45) is 3.36. The van der Waals surface area contributed by atoms with Crippen LogP contribution in [-0.2, 0) is 11.3 Å². The molecule has 3 rings (SSSR count). The lowest BCUT2D eigenvalue weighted by molar-refractivity contribution is -0.123. The van der Waals surface area contributed by atoms with Gasteiger partial charge >= 0.3 is 0 Å². The lowest BCUT2D eigenvalue weighted by Crippen LogP contribution is -2.46. The molecule has 1 aliphatic carbocycles. The van der Waals surface area contributed by atoms with Gasteiger partial charge in [0, 0.05) is 25.0 Å². The molecule has 2 aliphatic rings. The van der Waals surface area contributed by atoms with E-state index < -0.39 is 0 Å². The fourth-order valence-corrected chi connectivity index (χ4v) is 3.63. The Morgan fingerprint density at radius 3 is 2.71 bits per heavy atom. The van der Waals surface area contributed by atoms with Crippen LogP contribution in [0, 0.1) is 5.92 Å². The highest BCUT2D eigenvalue weighted by Gasteiger charge is 2.36. The Morgan fingerprint density at radius 1 is 1.38 bits per heavy atom. The summed E-state index contributed by atoms with van der Waals surface area (Å²) < 4.78 is 5.93. The van der Waals surface area contributed by atoms with E-state index >= 15 is 0 Å². The predicted octanol–water partition coefficient (Wildman–Crippen LogP) is 2.44. The van der Waals surface area contributed by atoms with Crippen molar-refractivity contribution in [1.29, 1.82) is 0 Å². The molecule has 1 saturated heterocycles. The average Bonchev–Trinajstić information content (AvgIpc) is 3.10. The van der Waals surface area contributed by atoms with Crippen LogP contribution in [0.2, 0.25) is 0 Å². The van der Waals surface area contributed by atoms with E-state index in [-0.39, 0.29) is 5.91 Å². The van der Waals surface area contributed by atoms with E-state index in [1.54, 1.807) is 0 Å². The molecular formula is C19H31N3O2. The average molecular weight is 333 g/mol. The molecule has 134 valence electrons. The highest BCUT2D eigenvalue weighted by atomic mass is 16.3. The van der Waals surface area contributed by atoms with Crippen LogP contribution in [-0.4, -0.2) is 55.0 Å². The monoisotopic (exact) mass is 333 g/mol. The Morgan fingerprint density at radius 2 is 2.08 bits per heavy atom. The van der Waals surface area contributed by atoms with E-state index in [9.17, 15) is 4.79 Å². The molecule has 24 heavy (non-hydrogen) atoms. The van der Waals surface area contributed by atoms with Crippen LogP contribution >= 0.6 is 0 Å². The number of furan rings is 1. The number of amides is 1. The molecule has 0 aromatic carbocycles. The Labute approximate surface area is 145 Å². The largest absolute Gasteiger partial charge is 0.464 e. The summed E-state index contributed by atoms with van der Waals surface area (Å²) in [6, 6.07) is 4.48. The quantitative estimate of drug-likeness (QED) is 0.833. The van der Waals surface area contributed by atoms with E-state index in [1.165, 1.54) is 6.42 Å². The van der Waals surface area contributed by atoms with Crippen LogP contribution in [0.3, 0.4) is 0 Å². The van der Waals surface area contributed by atoms with Gasteiger partial charge in [-0.2, -0.15) is 0 Å². The van der Waals surface area contributed by atoms with Crippen molar-refractivity contribution in [2.24, 2.45) is 5.92 Å². The van der Waals surface area contributed by atoms with Gasteiger partial charge in [-0.3, -0.25) is 9.69 Å². The second-order valence-corrected chi connectivity index (χ2v) is 7.57. The SMILES string of the molecule is CCN1CCC(NC(=O)CN(C)Cc2ccc(C3CC3C)o2)CC1. The van der Waals surface area contributed by atoms with Crippen LogP contribution < -0.4 is 5.32 Å². The Hall–Kier alpha value is -1.33. The molecule has 1 N–H and O–H groups in total. The van der Waals surface area contributed by atoms with Gasteiger partial charge in [-0.05, 0) is 50.9 Å². The zero-order valence-electron chi connectivity index (χ0n) is 15.3. The zero-order chi connectivity index (χ0) is 17.1. The van der Waals surface area contributed by atoms with Gasteiger partial charge in [0.05, 0.1) is 13.1 Å². The Bertz CT molecular complexity index is 549. The lowest BCUT2D eigenvalue weighted by Gasteiger charge is -2.31. The van der Waals surface area contributed by atoms with Crippen LogP contribution in [0.4, 0.5) is 0 Å². The smallest absolute Gasteiger partial charge is 0.234 e. The van der Waals surface area contributed by atoms with Gasteiger partial charge in [0.15, 0.2) is 0 Å². The van der Waals surface area contributed by atoms with E-state index in [0.29, 0.717) is 25.0 Å². The summed E-state index contributed by atoms with van der Waals surface area (Å²) in [7, 11) is 1.97. The fraction of sp³-hybridized carbons (Fsp3) is 0.737. The Balaban J connectivity index is 1.39. The van der Waals surface area contributed by atoms with Gasteiger partial charge in [-0.25, -0.2) is 0 Å². The lowest BCUT2D eigenvalue weighted by atomic mass is 10.1. The maximum absolute atomic E-state index is 12.2. The first-order valence-electron chi connectivity index (χ1n) is 9.34. The molecule has 1 saturated carbocycles. The van der Waals surface area contributed by atoms with Crippen LogP contribution in [0.25, 0.3) is 0 Å². The molecule has 5 heteroatoms. The summed E-state index contributed by atoms with van der Waals surface area (Å²) >= 11 is 0. The van der Waals surface area contributed by atoms with E-state index in [0.717, 1.165) is 49.9 Å². The molecule has 1 aliphatic heterocycles. The predicted molar refractivity (Wildman–Crippen MR) is 94.8 cm³/mol. The van der Waals surface area contributed by atoms with Crippen molar-refractivity contribution in [3.8, 4) is 0 Å². The molecule has 2 atom stereocenters. The second-order valence-electron chi connectivity index (χ2n) is 7.57. The zero-order valence-corrected chi connectivity index (χ0v) is 15.3.